The van der Waals surface area contributed by atoms with Gasteiger partial charge in [0.05, 0.1) is 24.9 Å². The minimum atomic E-state index is -0.554. The molecule has 0 saturated carbocycles. The number of halogens is 1. The third-order valence-electron chi connectivity index (χ3n) is 5.46. The van der Waals surface area contributed by atoms with Crippen molar-refractivity contribution < 1.29 is 18.7 Å². The van der Waals surface area contributed by atoms with E-state index < -0.39 is 6.09 Å². The van der Waals surface area contributed by atoms with Gasteiger partial charge in [-0.05, 0) is 49.6 Å². The van der Waals surface area contributed by atoms with Crippen LogP contribution in [0.25, 0.3) is 0 Å². The zero-order valence-corrected chi connectivity index (χ0v) is 18.1. The number of hydrogen-bond acceptors (Lipinski definition) is 5. The van der Waals surface area contributed by atoms with Crippen LogP contribution in [0.4, 0.5) is 15.0 Å². The van der Waals surface area contributed by atoms with Crippen LogP contribution in [0.15, 0.2) is 30.3 Å². The summed E-state index contributed by atoms with van der Waals surface area (Å²) in [7, 11) is 0. The number of carbonyl (C=O) groups is 1. The summed E-state index contributed by atoms with van der Waals surface area (Å²) in [6, 6.07) is 8.19. The Balaban J connectivity index is 1.78. The van der Waals surface area contributed by atoms with E-state index in [1.807, 2.05) is 13.0 Å². The van der Waals surface area contributed by atoms with Gasteiger partial charge in [-0.3, -0.25) is 0 Å². The molecule has 1 aromatic heterocycles. The standard InChI is InChI=1S/C23H30FN3O3/c1-5-15(2)21-22(30-23(28)25-13-18-6-8-19(24)9-7-18)16(3)12-20(26-21)27-10-11-29-14-17(27)4/h6-9,12,15,17H,5,10-11,13-14H2,1-4H3,(H,25,28)/t15?,17-/m1/s1. The Morgan fingerprint density at radius 2 is 2.13 bits per heavy atom. The van der Waals surface area contributed by atoms with E-state index in [1.54, 1.807) is 12.1 Å². The van der Waals surface area contributed by atoms with Gasteiger partial charge in [0.15, 0.2) is 5.75 Å². The Labute approximate surface area is 177 Å². The lowest BCUT2D eigenvalue weighted by Crippen LogP contribution is -2.44. The predicted molar refractivity (Wildman–Crippen MR) is 115 cm³/mol. The number of carbonyl (C=O) groups excluding carboxylic acids is 1. The van der Waals surface area contributed by atoms with Gasteiger partial charge in [0.25, 0.3) is 0 Å². The first-order valence-electron chi connectivity index (χ1n) is 10.4. The topological polar surface area (TPSA) is 63.7 Å². The summed E-state index contributed by atoms with van der Waals surface area (Å²) < 4.78 is 24.3. The number of nitrogens with zero attached hydrogens (tertiary/aromatic N) is 2. The number of hydrogen-bond donors (Lipinski definition) is 1. The highest BCUT2D eigenvalue weighted by atomic mass is 19.1. The van der Waals surface area contributed by atoms with Crippen LogP contribution in [-0.2, 0) is 11.3 Å². The molecular weight excluding hydrogens is 385 g/mol. The predicted octanol–water partition coefficient (Wildman–Crippen LogP) is 4.56. The van der Waals surface area contributed by atoms with E-state index in [1.165, 1.54) is 12.1 Å². The van der Waals surface area contributed by atoms with Gasteiger partial charge in [-0.25, -0.2) is 14.2 Å². The normalized spacial score (nSPS) is 17.5. The summed E-state index contributed by atoms with van der Waals surface area (Å²) in [5.41, 5.74) is 2.44. The number of aromatic nitrogens is 1. The van der Waals surface area contributed by atoms with Crippen LogP contribution in [0.1, 0.15) is 49.9 Å². The summed E-state index contributed by atoms with van der Waals surface area (Å²) in [5.74, 6) is 1.22. The molecule has 3 rings (SSSR count). The fourth-order valence-corrected chi connectivity index (χ4v) is 3.45. The van der Waals surface area contributed by atoms with E-state index in [4.69, 9.17) is 14.5 Å². The smallest absolute Gasteiger partial charge is 0.408 e. The highest BCUT2D eigenvalue weighted by Gasteiger charge is 2.25. The molecule has 1 unspecified atom stereocenters. The van der Waals surface area contributed by atoms with Crippen molar-refractivity contribution in [2.45, 2.75) is 52.6 Å². The Hall–Kier alpha value is -2.67. The van der Waals surface area contributed by atoms with Crippen molar-refractivity contribution >= 4 is 11.9 Å². The van der Waals surface area contributed by atoms with E-state index in [-0.39, 0.29) is 24.3 Å². The third-order valence-corrected chi connectivity index (χ3v) is 5.46. The number of anilines is 1. The molecule has 0 bridgehead atoms. The molecule has 1 fully saturated rings. The molecule has 1 saturated heterocycles. The molecule has 1 N–H and O–H groups in total. The number of aryl methyl sites for hydroxylation is 1. The first kappa shape index (κ1) is 22.0. The third kappa shape index (κ3) is 5.27. The van der Waals surface area contributed by atoms with Crippen LogP contribution in [0.2, 0.25) is 0 Å². The Morgan fingerprint density at radius 3 is 2.80 bits per heavy atom. The van der Waals surface area contributed by atoms with Crippen molar-refractivity contribution in [3.63, 3.8) is 0 Å². The zero-order valence-electron chi connectivity index (χ0n) is 18.1. The molecule has 2 heterocycles. The van der Waals surface area contributed by atoms with Gasteiger partial charge in [-0.2, -0.15) is 0 Å². The summed E-state index contributed by atoms with van der Waals surface area (Å²) in [5, 5.41) is 2.72. The molecule has 1 amide bonds. The van der Waals surface area contributed by atoms with Crippen LogP contribution >= 0.6 is 0 Å². The molecule has 0 radical (unpaired) electrons. The van der Waals surface area contributed by atoms with Crippen molar-refractivity contribution in [3.05, 3.63) is 53.0 Å². The van der Waals surface area contributed by atoms with Crippen LogP contribution in [0, 0.1) is 12.7 Å². The van der Waals surface area contributed by atoms with Gasteiger partial charge in [-0.15, -0.1) is 0 Å². The van der Waals surface area contributed by atoms with Crippen LogP contribution in [0.5, 0.6) is 5.75 Å². The largest absolute Gasteiger partial charge is 0.412 e. The zero-order chi connectivity index (χ0) is 21.7. The van der Waals surface area contributed by atoms with Gasteiger partial charge >= 0.3 is 6.09 Å². The maximum atomic E-state index is 13.0. The van der Waals surface area contributed by atoms with E-state index >= 15 is 0 Å². The minimum Gasteiger partial charge on any atom is -0.408 e. The molecule has 6 nitrogen and oxygen atoms in total. The second kappa shape index (κ2) is 9.89. The van der Waals surface area contributed by atoms with Crippen molar-refractivity contribution in [1.82, 2.24) is 10.3 Å². The van der Waals surface area contributed by atoms with E-state index in [9.17, 15) is 9.18 Å². The molecular formula is C23H30FN3O3. The van der Waals surface area contributed by atoms with E-state index in [2.05, 4.69) is 31.0 Å². The molecule has 1 aliphatic heterocycles. The number of morpholine rings is 1. The quantitative estimate of drug-likeness (QED) is 0.750. The lowest BCUT2D eigenvalue weighted by Gasteiger charge is -2.35. The molecule has 1 aliphatic rings. The lowest BCUT2D eigenvalue weighted by atomic mass is 10.0. The average molecular weight is 416 g/mol. The number of pyridine rings is 1. The van der Waals surface area contributed by atoms with E-state index in [0.29, 0.717) is 19.0 Å². The first-order valence-corrected chi connectivity index (χ1v) is 10.4. The molecule has 7 heteroatoms. The minimum absolute atomic E-state index is 0.139. The first-order chi connectivity index (χ1) is 14.4. The Bertz CT molecular complexity index is 873. The van der Waals surface area contributed by atoms with E-state index in [0.717, 1.165) is 35.6 Å². The fourth-order valence-electron chi connectivity index (χ4n) is 3.45. The van der Waals surface area contributed by atoms with Crippen molar-refractivity contribution in [3.8, 4) is 5.75 Å². The molecule has 2 aromatic rings. The van der Waals surface area contributed by atoms with Crippen LogP contribution in [0.3, 0.4) is 0 Å². The maximum Gasteiger partial charge on any atom is 0.412 e. The highest BCUT2D eigenvalue weighted by Crippen LogP contribution is 2.34. The lowest BCUT2D eigenvalue weighted by molar-refractivity contribution is 0.0985. The highest BCUT2D eigenvalue weighted by molar-refractivity contribution is 5.71. The number of benzene rings is 1. The molecule has 1 aromatic carbocycles. The van der Waals surface area contributed by atoms with Gasteiger partial charge in [0, 0.05) is 19.0 Å². The summed E-state index contributed by atoms with van der Waals surface area (Å²) in [6.07, 6.45) is 0.323. The average Bonchev–Trinajstić information content (AvgIpc) is 2.74. The van der Waals surface area contributed by atoms with Crippen LogP contribution < -0.4 is 15.0 Å². The SMILES string of the molecule is CCC(C)c1nc(N2CCOC[C@H]2C)cc(C)c1OC(=O)NCc1ccc(F)cc1. The number of rotatable bonds is 6. The van der Waals surface area contributed by atoms with Gasteiger partial charge in [-0.1, -0.05) is 26.0 Å². The molecule has 30 heavy (non-hydrogen) atoms. The summed E-state index contributed by atoms with van der Waals surface area (Å²) >= 11 is 0. The second-order valence-corrected chi connectivity index (χ2v) is 7.81. The number of amides is 1. The molecule has 0 spiro atoms. The maximum absolute atomic E-state index is 13.0. The summed E-state index contributed by atoms with van der Waals surface area (Å²) in [6.45, 7) is 10.6. The second-order valence-electron chi connectivity index (χ2n) is 7.81. The van der Waals surface area contributed by atoms with Crippen molar-refractivity contribution in [2.75, 3.05) is 24.7 Å². The molecule has 0 aliphatic carbocycles. The number of nitrogens with one attached hydrogen (secondary N) is 1. The van der Waals surface area contributed by atoms with Gasteiger partial charge < -0.3 is 19.7 Å². The Kier molecular flexibility index (Phi) is 7.26. The van der Waals surface area contributed by atoms with Gasteiger partial charge in [0.2, 0.25) is 0 Å². The molecule has 162 valence electrons. The van der Waals surface area contributed by atoms with Crippen LogP contribution in [-0.4, -0.2) is 36.9 Å². The number of ether oxygens (including phenoxy) is 2. The van der Waals surface area contributed by atoms with Crippen molar-refractivity contribution in [2.24, 2.45) is 0 Å². The monoisotopic (exact) mass is 415 g/mol. The molecule has 2 atom stereocenters. The van der Waals surface area contributed by atoms with Gasteiger partial charge in [0.1, 0.15) is 11.6 Å². The fraction of sp³-hybridized carbons (Fsp3) is 0.478. The van der Waals surface area contributed by atoms with Crippen molar-refractivity contribution in [1.29, 1.82) is 0 Å². The Morgan fingerprint density at radius 1 is 1.40 bits per heavy atom. The summed E-state index contributed by atoms with van der Waals surface area (Å²) in [4.78, 5) is 19.6.